The number of H-pyrrole nitrogens is 1. The summed E-state index contributed by atoms with van der Waals surface area (Å²) in [6.45, 7) is 4.95. The lowest BCUT2D eigenvalue weighted by molar-refractivity contribution is -0.133. The van der Waals surface area contributed by atoms with Crippen molar-refractivity contribution in [3.63, 3.8) is 0 Å². The molecule has 0 saturated carbocycles. The van der Waals surface area contributed by atoms with E-state index in [0.29, 0.717) is 6.42 Å². The van der Waals surface area contributed by atoms with Crippen LogP contribution in [0.5, 0.6) is 0 Å². The molecule has 1 aliphatic heterocycles. The molecule has 128 valence electrons. The lowest BCUT2D eigenvalue weighted by Gasteiger charge is -2.36. The molecule has 0 bridgehead atoms. The number of nitrogens with one attached hydrogen (secondary N) is 1. The quantitative estimate of drug-likeness (QED) is 0.738. The fourth-order valence-electron chi connectivity index (χ4n) is 3.96. The van der Waals surface area contributed by atoms with Crippen LogP contribution >= 0.6 is 0 Å². The van der Waals surface area contributed by atoms with Gasteiger partial charge in [-0.2, -0.15) is 0 Å². The van der Waals surface area contributed by atoms with Gasteiger partial charge in [-0.15, -0.1) is 0 Å². The van der Waals surface area contributed by atoms with Crippen molar-refractivity contribution >= 4 is 16.8 Å². The van der Waals surface area contributed by atoms with Gasteiger partial charge in [-0.3, -0.25) is 4.79 Å². The molecule has 25 heavy (non-hydrogen) atoms. The van der Waals surface area contributed by atoms with Crippen molar-refractivity contribution in [1.29, 1.82) is 0 Å². The lowest BCUT2D eigenvalue weighted by Crippen LogP contribution is -2.40. The first-order chi connectivity index (χ1) is 12.2. The molecule has 0 spiro atoms. The minimum absolute atomic E-state index is 0.0178. The lowest BCUT2D eigenvalue weighted by atomic mass is 9.91. The molecule has 4 rings (SSSR count). The number of hydrogen-bond donors (Lipinski definition) is 1. The van der Waals surface area contributed by atoms with Crippen LogP contribution in [0, 0.1) is 6.92 Å². The molecule has 1 unspecified atom stereocenters. The Morgan fingerprint density at radius 1 is 1.16 bits per heavy atom. The van der Waals surface area contributed by atoms with E-state index in [1.54, 1.807) is 0 Å². The third-order valence-corrected chi connectivity index (χ3v) is 5.21. The Balaban J connectivity index is 1.87. The van der Waals surface area contributed by atoms with Crippen LogP contribution in [0.4, 0.5) is 0 Å². The number of fused-ring (bicyclic) bond motifs is 3. The standard InChI is InChI=1S/C22H24N2O/c1-3-6-20(25)24-14-13-18-17-7-4-5-8-19(17)23-21(18)22(24)16-11-9-15(2)10-12-16/h4-5,7-12,22-23H,3,6,13-14H2,1-2H3. The zero-order chi connectivity index (χ0) is 17.4. The Labute approximate surface area is 148 Å². The van der Waals surface area contributed by atoms with Crippen LogP contribution in [0.1, 0.15) is 48.2 Å². The molecule has 2 aromatic carbocycles. The molecule has 3 nitrogen and oxygen atoms in total. The Morgan fingerprint density at radius 3 is 2.68 bits per heavy atom. The summed E-state index contributed by atoms with van der Waals surface area (Å²) >= 11 is 0. The zero-order valence-corrected chi connectivity index (χ0v) is 14.9. The van der Waals surface area contributed by atoms with Gasteiger partial charge >= 0.3 is 0 Å². The number of aryl methyl sites for hydroxylation is 1. The van der Waals surface area contributed by atoms with Gasteiger partial charge in [0.1, 0.15) is 0 Å². The molecule has 1 aliphatic rings. The summed E-state index contributed by atoms with van der Waals surface area (Å²) in [5.41, 5.74) is 6.13. The summed E-state index contributed by atoms with van der Waals surface area (Å²) in [5, 5.41) is 1.29. The number of carbonyl (C=O) groups is 1. The van der Waals surface area contributed by atoms with Crippen molar-refractivity contribution in [2.24, 2.45) is 0 Å². The second kappa shape index (κ2) is 6.40. The normalized spacial score (nSPS) is 16.9. The number of amides is 1. The molecule has 3 heteroatoms. The molecule has 0 saturated heterocycles. The number of nitrogens with zero attached hydrogens (tertiary/aromatic N) is 1. The average molecular weight is 332 g/mol. The summed E-state index contributed by atoms with van der Waals surface area (Å²) in [6.07, 6.45) is 2.41. The maximum Gasteiger partial charge on any atom is 0.223 e. The minimum atomic E-state index is -0.0178. The number of hydrogen-bond acceptors (Lipinski definition) is 1. The van der Waals surface area contributed by atoms with Crippen LogP contribution in [0.15, 0.2) is 48.5 Å². The molecule has 1 atom stereocenters. The predicted octanol–water partition coefficient (Wildman–Crippen LogP) is 4.75. The van der Waals surface area contributed by atoms with Gasteiger partial charge in [0.25, 0.3) is 0 Å². The number of rotatable bonds is 3. The fourth-order valence-corrected chi connectivity index (χ4v) is 3.96. The van der Waals surface area contributed by atoms with E-state index in [1.165, 1.54) is 27.8 Å². The van der Waals surface area contributed by atoms with Crippen molar-refractivity contribution in [3.8, 4) is 0 Å². The third-order valence-electron chi connectivity index (χ3n) is 5.21. The molecule has 0 radical (unpaired) electrons. The molecular formula is C22H24N2O. The monoisotopic (exact) mass is 332 g/mol. The highest BCUT2D eigenvalue weighted by molar-refractivity contribution is 5.86. The molecule has 1 amide bonds. The number of aromatic amines is 1. The van der Waals surface area contributed by atoms with Crippen molar-refractivity contribution in [3.05, 3.63) is 70.9 Å². The SMILES string of the molecule is CCCC(=O)N1CCc2c([nH]c3ccccc23)C1c1ccc(C)cc1. The number of para-hydroxylation sites is 1. The molecule has 0 fully saturated rings. The molecule has 1 aromatic heterocycles. The van der Waals surface area contributed by atoms with E-state index in [4.69, 9.17) is 0 Å². The van der Waals surface area contributed by atoms with Gasteiger partial charge in [0.05, 0.1) is 6.04 Å². The first kappa shape index (κ1) is 15.9. The highest BCUT2D eigenvalue weighted by atomic mass is 16.2. The van der Waals surface area contributed by atoms with Gasteiger partial charge in [0.2, 0.25) is 5.91 Å². The summed E-state index contributed by atoms with van der Waals surface area (Å²) < 4.78 is 0. The molecule has 0 aliphatic carbocycles. The van der Waals surface area contributed by atoms with Crippen molar-refractivity contribution in [2.45, 2.75) is 39.2 Å². The average Bonchev–Trinajstić information content (AvgIpc) is 3.00. The van der Waals surface area contributed by atoms with Crippen LogP contribution < -0.4 is 0 Å². The number of benzene rings is 2. The van der Waals surface area contributed by atoms with Crippen molar-refractivity contribution < 1.29 is 4.79 Å². The van der Waals surface area contributed by atoms with E-state index < -0.39 is 0 Å². The van der Waals surface area contributed by atoms with Crippen LogP contribution in [-0.4, -0.2) is 22.3 Å². The van der Waals surface area contributed by atoms with Crippen molar-refractivity contribution in [1.82, 2.24) is 9.88 Å². The topological polar surface area (TPSA) is 36.1 Å². The maximum atomic E-state index is 12.8. The van der Waals surface area contributed by atoms with Gasteiger partial charge in [-0.05, 0) is 37.0 Å². The zero-order valence-electron chi connectivity index (χ0n) is 14.9. The Kier molecular flexibility index (Phi) is 4.08. The maximum absolute atomic E-state index is 12.8. The van der Waals surface area contributed by atoms with Gasteiger partial charge < -0.3 is 9.88 Å². The minimum Gasteiger partial charge on any atom is -0.356 e. The highest BCUT2D eigenvalue weighted by Crippen LogP contribution is 2.38. The summed E-state index contributed by atoms with van der Waals surface area (Å²) in [6, 6.07) is 17.0. The van der Waals surface area contributed by atoms with Gasteiger partial charge in [-0.1, -0.05) is 55.0 Å². The van der Waals surface area contributed by atoms with Gasteiger partial charge in [0.15, 0.2) is 0 Å². The Morgan fingerprint density at radius 2 is 1.92 bits per heavy atom. The highest BCUT2D eigenvalue weighted by Gasteiger charge is 2.33. The summed E-state index contributed by atoms with van der Waals surface area (Å²) in [7, 11) is 0. The predicted molar refractivity (Wildman–Crippen MR) is 102 cm³/mol. The van der Waals surface area contributed by atoms with E-state index in [2.05, 4.69) is 72.3 Å². The third kappa shape index (κ3) is 2.74. The first-order valence-electron chi connectivity index (χ1n) is 9.14. The molecule has 1 N–H and O–H groups in total. The second-order valence-corrected chi connectivity index (χ2v) is 6.96. The second-order valence-electron chi connectivity index (χ2n) is 6.96. The van der Waals surface area contributed by atoms with Gasteiger partial charge in [0, 0.05) is 29.6 Å². The molecule has 3 aromatic rings. The Bertz CT molecular complexity index is 907. The van der Waals surface area contributed by atoms with Crippen LogP contribution in [0.25, 0.3) is 10.9 Å². The van der Waals surface area contributed by atoms with E-state index in [-0.39, 0.29) is 11.9 Å². The van der Waals surface area contributed by atoms with Crippen LogP contribution in [-0.2, 0) is 11.2 Å². The van der Waals surface area contributed by atoms with E-state index in [9.17, 15) is 4.79 Å². The molecular weight excluding hydrogens is 308 g/mol. The Hall–Kier alpha value is -2.55. The first-order valence-corrected chi connectivity index (χ1v) is 9.14. The number of carbonyl (C=O) groups excluding carboxylic acids is 1. The van der Waals surface area contributed by atoms with Crippen molar-refractivity contribution in [2.75, 3.05) is 6.54 Å². The van der Waals surface area contributed by atoms with Gasteiger partial charge in [-0.25, -0.2) is 0 Å². The van der Waals surface area contributed by atoms with E-state index in [0.717, 1.165) is 24.9 Å². The smallest absolute Gasteiger partial charge is 0.223 e. The number of aromatic nitrogens is 1. The van der Waals surface area contributed by atoms with E-state index in [1.807, 2.05) is 0 Å². The largest absolute Gasteiger partial charge is 0.356 e. The fraction of sp³-hybridized carbons (Fsp3) is 0.318. The van der Waals surface area contributed by atoms with Crippen LogP contribution in [0.3, 0.4) is 0 Å². The summed E-state index contributed by atoms with van der Waals surface area (Å²) in [5.74, 6) is 0.248. The van der Waals surface area contributed by atoms with Crippen LogP contribution in [0.2, 0.25) is 0 Å². The molecule has 2 heterocycles. The summed E-state index contributed by atoms with van der Waals surface area (Å²) in [4.78, 5) is 18.5. The van der Waals surface area contributed by atoms with E-state index >= 15 is 0 Å².